The summed E-state index contributed by atoms with van der Waals surface area (Å²) in [6, 6.07) is 24.0. The lowest BCUT2D eigenvalue weighted by Crippen LogP contribution is -2.38. The van der Waals surface area contributed by atoms with Crippen LogP contribution in [0.3, 0.4) is 0 Å². The lowest BCUT2D eigenvalue weighted by Gasteiger charge is -2.35. The third-order valence-electron chi connectivity index (χ3n) is 7.01. The molecule has 0 radical (unpaired) electrons. The normalized spacial score (nSPS) is 18.8. The number of methoxy groups -OCH3 is 1. The molecule has 1 heterocycles. The van der Waals surface area contributed by atoms with Crippen LogP contribution >= 0.6 is 0 Å². The van der Waals surface area contributed by atoms with Crippen LogP contribution in [0.5, 0.6) is 5.75 Å². The van der Waals surface area contributed by atoms with Crippen LogP contribution in [0, 0.1) is 0 Å². The van der Waals surface area contributed by atoms with Gasteiger partial charge in [0.2, 0.25) is 5.91 Å². The molecule has 2 aliphatic rings. The fraction of sp³-hybridized carbons (Fsp3) is 0.233. The molecule has 0 fully saturated rings. The zero-order valence-corrected chi connectivity index (χ0v) is 20.5. The van der Waals surface area contributed by atoms with E-state index in [-0.39, 0.29) is 30.4 Å². The first-order valence-electron chi connectivity index (χ1n) is 12.3. The lowest BCUT2D eigenvalue weighted by atomic mass is 9.78. The van der Waals surface area contributed by atoms with Crippen LogP contribution in [0.1, 0.15) is 48.8 Å². The molecule has 0 bridgehead atoms. The molecule has 1 amide bonds. The number of carbonyl (C=O) groups excluding carboxylic acids is 2. The average molecular weight is 497 g/mol. The van der Waals surface area contributed by atoms with Crippen LogP contribution in [0.15, 0.2) is 90.1 Å². The highest BCUT2D eigenvalue weighted by atomic mass is 16.5. The van der Waals surface area contributed by atoms with Gasteiger partial charge >= 0.3 is 5.97 Å². The molecular formula is C30H28N2O5. The van der Waals surface area contributed by atoms with Crippen molar-refractivity contribution in [1.29, 1.82) is 0 Å². The molecule has 7 heteroatoms. The third-order valence-corrected chi connectivity index (χ3v) is 7.01. The Morgan fingerprint density at radius 2 is 1.62 bits per heavy atom. The zero-order chi connectivity index (χ0) is 25.9. The van der Waals surface area contributed by atoms with Crippen LogP contribution in [-0.4, -0.2) is 29.9 Å². The van der Waals surface area contributed by atoms with Crippen molar-refractivity contribution in [2.24, 2.45) is 0 Å². The van der Waals surface area contributed by atoms with Gasteiger partial charge in [-0.3, -0.25) is 19.3 Å². The molecule has 0 spiro atoms. The first kappa shape index (κ1) is 24.3. The van der Waals surface area contributed by atoms with Gasteiger partial charge in [0, 0.05) is 24.1 Å². The third kappa shape index (κ3) is 4.85. The quantitative estimate of drug-likeness (QED) is 0.471. The molecule has 0 saturated heterocycles. The molecule has 0 saturated carbocycles. The van der Waals surface area contributed by atoms with Crippen molar-refractivity contribution in [3.05, 3.63) is 101 Å². The number of carboxylic acid groups (broad SMARTS) is 1. The molecule has 3 aromatic rings. The second-order valence-electron chi connectivity index (χ2n) is 9.31. The average Bonchev–Trinajstić information content (AvgIpc) is 3.07. The van der Waals surface area contributed by atoms with E-state index in [1.807, 2.05) is 66.7 Å². The van der Waals surface area contributed by atoms with E-state index < -0.39 is 12.0 Å². The van der Waals surface area contributed by atoms with Crippen LogP contribution in [0.4, 0.5) is 11.4 Å². The number of fused-ring (bicyclic) bond motifs is 1. The predicted octanol–water partition coefficient (Wildman–Crippen LogP) is 5.46. The van der Waals surface area contributed by atoms with Gasteiger partial charge in [-0.05, 0) is 47.7 Å². The van der Waals surface area contributed by atoms with Crippen LogP contribution in [0.2, 0.25) is 0 Å². The molecule has 188 valence electrons. The standard InChI is InChI=1S/C30H28N2O5/c1-37-22-13-11-20(12-14-22)30-29-24(17-21(18-26(29)33)19-7-3-2-4-8-19)31-23-9-5-6-10-25(23)32(30)27(34)15-16-28(35)36/h2-14,21,30-31H,15-18H2,1H3,(H,35,36)/t21-,30-/m1/s1. The van der Waals surface area contributed by atoms with Crippen molar-refractivity contribution in [2.45, 2.75) is 37.6 Å². The highest BCUT2D eigenvalue weighted by molar-refractivity contribution is 6.06. The Morgan fingerprint density at radius 1 is 0.919 bits per heavy atom. The number of nitrogens with zero attached hydrogens (tertiary/aromatic N) is 1. The largest absolute Gasteiger partial charge is 0.497 e. The van der Waals surface area contributed by atoms with Gasteiger partial charge in [0.1, 0.15) is 5.75 Å². The Balaban J connectivity index is 1.68. The van der Waals surface area contributed by atoms with Gasteiger partial charge in [0.25, 0.3) is 0 Å². The molecule has 1 aliphatic carbocycles. The number of ether oxygens (including phenoxy) is 1. The van der Waals surface area contributed by atoms with Gasteiger partial charge in [-0.15, -0.1) is 0 Å². The minimum Gasteiger partial charge on any atom is -0.497 e. The Labute approximate surface area is 215 Å². The summed E-state index contributed by atoms with van der Waals surface area (Å²) < 4.78 is 5.33. The second kappa shape index (κ2) is 10.3. The smallest absolute Gasteiger partial charge is 0.303 e. The lowest BCUT2D eigenvalue weighted by molar-refractivity contribution is -0.138. The fourth-order valence-corrected chi connectivity index (χ4v) is 5.26. The second-order valence-corrected chi connectivity index (χ2v) is 9.31. The maximum atomic E-state index is 13.9. The van der Waals surface area contributed by atoms with Crippen molar-refractivity contribution >= 4 is 29.0 Å². The minimum atomic E-state index is -1.05. The number of hydrogen-bond donors (Lipinski definition) is 2. The number of ketones is 1. The topological polar surface area (TPSA) is 95.9 Å². The van der Waals surface area contributed by atoms with E-state index in [0.29, 0.717) is 35.5 Å². The van der Waals surface area contributed by atoms with E-state index in [9.17, 15) is 19.5 Å². The molecular weight excluding hydrogens is 468 g/mol. The Morgan fingerprint density at radius 3 is 2.32 bits per heavy atom. The predicted molar refractivity (Wildman–Crippen MR) is 141 cm³/mol. The summed E-state index contributed by atoms with van der Waals surface area (Å²) in [5.41, 5.74) is 4.48. The zero-order valence-electron chi connectivity index (χ0n) is 20.5. The minimum absolute atomic E-state index is 0.0119. The van der Waals surface area contributed by atoms with Crippen LogP contribution in [-0.2, 0) is 14.4 Å². The number of nitrogens with one attached hydrogen (secondary N) is 1. The number of benzene rings is 3. The number of hydrogen-bond acceptors (Lipinski definition) is 5. The first-order valence-corrected chi connectivity index (χ1v) is 12.3. The maximum Gasteiger partial charge on any atom is 0.303 e. The summed E-state index contributed by atoms with van der Waals surface area (Å²) in [5, 5.41) is 12.7. The number of carboxylic acids is 1. The fourth-order valence-electron chi connectivity index (χ4n) is 5.26. The molecule has 0 unspecified atom stereocenters. The summed E-state index contributed by atoms with van der Waals surface area (Å²) in [7, 11) is 1.58. The van der Waals surface area contributed by atoms with Crippen molar-refractivity contribution in [1.82, 2.24) is 0 Å². The number of Topliss-reactive ketones (excluding diaryl/α,β-unsaturated/α-hetero) is 1. The highest BCUT2D eigenvalue weighted by Gasteiger charge is 2.41. The number of para-hydroxylation sites is 2. The van der Waals surface area contributed by atoms with Crippen molar-refractivity contribution in [2.75, 3.05) is 17.3 Å². The van der Waals surface area contributed by atoms with Crippen molar-refractivity contribution in [3.8, 4) is 5.75 Å². The molecule has 0 aromatic heterocycles. The number of amides is 1. The summed E-state index contributed by atoms with van der Waals surface area (Å²) >= 11 is 0. The molecule has 2 atom stereocenters. The summed E-state index contributed by atoms with van der Waals surface area (Å²) in [4.78, 5) is 40.5. The Hall–Kier alpha value is -4.39. The van der Waals surface area contributed by atoms with E-state index in [2.05, 4.69) is 5.32 Å². The summed E-state index contributed by atoms with van der Waals surface area (Å²) in [6.07, 6.45) is 0.462. The number of aliphatic carboxylic acids is 1. The van der Waals surface area contributed by atoms with Crippen LogP contribution < -0.4 is 15.0 Å². The molecule has 1 aliphatic heterocycles. The van der Waals surface area contributed by atoms with E-state index in [4.69, 9.17) is 4.74 Å². The number of anilines is 2. The van der Waals surface area contributed by atoms with E-state index in [1.165, 1.54) is 0 Å². The molecule has 3 aromatic carbocycles. The highest BCUT2D eigenvalue weighted by Crippen LogP contribution is 2.47. The van der Waals surface area contributed by atoms with E-state index in [0.717, 1.165) is 16.8 Å². The first-order chi connectivity index (χ1) is 18.0. The monoisotopic (exact) mass is 496 g/mol. The molecule has 5 rings (SSSR count). The number of allylic oxidation sites excluding steroid dienone is 1. The van der Waals surface area contributed by atoms with Gasteiger partial charge in [-0.1, -0.05) is 54.6 Å². The van der Waals surface area contributed by atoms with E-state index in [1.54, 1.807) is 24.1 Å². The SMILES string of the molecule is COc1ccc([C@@H]2C3=C(C[C@@H](c4ccccc4)CC3=O)Nc3ccccc3N2C(=O)CCC(=O)O)cc1. The van der Waals surface area contributed by atoms with Crippen LogP contribution in [0.25, 0.3) is 0 Å². The Kier molecular flexibility index (Phi) is 6.77. The number of carbonyl (C=O) groups is 3. The molecule has 37 heavy (non-hydrogen) atoms. The molecule has 7 nitrogen and oxygen atoms in total. The maximum absolute atomic E-state index is 13.9. The Bertz CT molecular complexity index is 1360. The van der Waals surface area contributed by atoms with E-state index >= 15 is 0 Å². The van der Waals surface area contributed by atoms with Gasteiger partial charge in [0.05, 0.1) is 30.9 Å². The van der Waals surface area contributed by atoms with Gasteiger partial charge < -0.3 is 15.2 Å². The van der Waals surface area contributed by atoms with Gasteiger partial charge in [-0.25, -0.2) is 0 Å². The molecule has 2 N–H and O–H groups in total. The summed E-state index contributed by atoms with van der Waals surface area (Å²) in [6.45, 7) is 0. The number of rotatable bonds is 6. The van der Waals surface area contributed by atoms with Gasteiger partial charge in [-0.2, -0.15) is 0 Å². The van der Waals surface area contributed by atoms with Crippen molar-refractivity contribution < 1.29 is 24.2 Å². The summed E-state index contributed by atoms with van der Waals surface area (Å²) in [5.74, 6) is -0.766. The van der Waals surface area contributed by atoms with Gasteiger partial charge in [0.15, 0.2) is 5.78 Å². The van der Waals surface area contributed by atoms with Crippen molar-refractivity contribution in [3.63, 3.8) is 0 Å².